The van der Waals surface area contributed by atoms with Crippen molar-refractivity contribution in [2.24, 2.45) is 0 Å². The SMILES string of the molecule is CC1(O)CN(c2ccc(Nc3nc(-c4ccc5cn[nH]c5c4)cn4ccnc34)cn2)C1. The minimum absolute atomic E-state index is 0.589. The third-order valence-electron chi connectivity index (χ3n) is 5.51. The van der Waals surface area contributed by atoms with Gasteiger partial charge in [0, 0.05) is 42.6 Å². The number of nitrogens with zero attached hydrogens (tertiary/aromatic N) is 6. The number of nitrogens with one attached hydrogen (secondary N) is 2. The molecule has 3 N–H and O–H groups in total. The average Bonchev–Trinajstić information content (AvgIpc) is 3.41. The van der Waals surface area contributed by atoms with Crippen LogP contribution in [0.15, 0.2) is 61.3 Å². The second-order valence-corrected chi connectivity index (χ2v) is 8.19. The number of imidazole rings is 1. The van der Waals surface area contributed by atoms with Crippen LogP contribution >= 0.6 is 0 Å². The molecule has 0 saturated carbocycles. The summed E-state index contributed by atoms with van der Waals surface area (Å²) in [5.74, 6) is 1.49. The summed E-state index contributed by atoms with van der Waals surface area (Å²) >= 11 is 0. The molecule has 9 heteroatoms. The van der Waals surface area contributed by atoms with Gasteiger partial charge >= 0.3 is 0 Å². The van der Waals surface area contributed by atoms with E-state index in [0.717, 1.165) is 39.3 Å². The third kappa shape index (κ3) is 3.15. The van der Waals surface area contributed by atoms with Crippen LogP contribution in [-0.4, -0.2) is 53.3 Å². The number of aromatic amines is 1. The fourth-order valence-corrected chi connectivity index (χ4v) is 3.97. The number of hydrogen-bond donors (Lipinski definition) is 3. The Morgan fingerprint density at radius 1 is 1.13 bits per heavy atom. The molecule has 1 fully saturated rings. The molecule has 0 aliphatic carbocycles. The summed E-state index contributed by atoms with van der Waals surface area (Å²) in [5, 5.41) is 21.4. The van der Waals surface area contributed by atoms with Crippen LogP contribution in [0.1, 0.15) is 6.92 Å². The average molecular weight is 412 g/mol. The molecule has 5 aromatic rings. The van der Waals surface area contributed by atoms with E-state index in [9.17, 15) is 5.11 Å². The number of aromatic nitrogens is 6. The molecule has 5 heterocycles. The van der Waals surface area contributed by atoms with Gasteiger partial charge in [-0.3, -0.25) is 5.10 Å². The zero-order valence-electron chi connectivity index (χ0n) is 16.8. The van der Waals surface area contributed by atoms with Gasteiger partial charge in [-0.25, -0.2) is 15.0 Å². The summed E-state index contributed by atoms with van der Waals surface area (Å²) in [7, 11) is 0. The van der Waals surface area contributed by atoms with Crippen molar-refractivity contribution in [3.05, 3.63) is 61.3 Å². The molecule has 0 bridgehead atoms. The molecular formula is C22H20N8O. The Bertz CT molecular complexity index is 1390. The maximum atomic E-state index is 9.94. The van der Waals surface area contributed by atoms with E-state index in [4.69, 9.17) is 4.98 Å². The lowest BCUT2D eigenvalue weighted by atomic mass is 9.97. The minimum Gasteiger partial charge on any atom is -0.386 e. The van der Waals surface area contributed by atoms with Crippen molar-refractivity contribution in [3.63, 3.8) is 0 Å². The van der Waals surface area contributed by atoms with Crippen LogP contribution in [0, 0.1) is 0 Å². The second-order valence-electron chi connectivity index (χ2n) is 8.19. The van der Waals surface area contributed by atoms with Crippen molar-refractivity contribution >= 4 is 33.9 Å². The number of rotatable bonds is 4. The number of fused-ring (bicyclic) bond motifs is 2. The normalized spacial score (nSPS) is 15.4. The van der Waals surface area contributed by atoms with E-state index < -0.39 is 5.60 Å². The van der Waals surface area contributed by atoms with Gasteiger partial charge in [0.2, 0.25) is 0 Å². The number of anilines is 3. The topological polar surface area (TPSA) is 107 Å². The molecule has 4 aromatic heterocycles. The highest BCUT2D eigenvalue weighted by Crippen LogP contribution is 2.29. The summed E-state index contributed by atoms with van der Waals surface area (Å²) in [4.78, 5) is 15.8. The van der Waals surface area contributed by atoms with Crippen LogP contribution < -0.4 is 10.2 Å². The molecule has 0 atom stereocenters. The lowest BCUT2D eigenvalue weighted by Gasteiger charge is -2.44. The van der Waals surface area contributed by atoms with E-state index in [0.29, 0.717) is 18.9 Å². The highest BCUT2D eigenvalue weighted by molar-refractivity contribution is 5.84. The Morgan fingerprint density at radius 2 is 2.03 bits per heavy atom. The fourth-order valence-electron chi connectivity index (χ4n) is 3.97. The zero-order chi connectivity index (χ0) is 21.0. The van der Waals surface area contributed by atoms with Gasteiger partial charge in [0.15, 0.2) is 11.5 Å². The summed E-state index contributed by atoms with van der Waals surface area (Å²) in [5.41, 5.74) is 3.67. The summed E-state index contributed by atoms with van der Waals surface area (Å²) in [6.07, 6.45) is 9.18. The number of benzene rings is 1. The van der Waals surface area contributed by atoms with Crippen molar-refractivity contribution in [2.75, 3.05) is 23.3 Å². The number of β-amino-alcohol motifs (C(OH)–C–C–N with tert-alkyl or cyclic N) is 1. The molecule has 0 spiro atoms. The van der Waals surface area contributed by atoms with Gasteiger partial charge < -0.3 is 19.7 Å². The predicted molar refractivity (Wildman–Crippen MR) is 118 cm³/mol. The zero-order valence-corrected chi connectivity index (χ0v) is 16.8. The van der Waals surface area contributed by atoms with Gasteiger partial charge in [-0.05, 0) is 25.1 Å². The van der Waals surface area contributed by atoms with E-state index in [-0.39, 0.29) is 0 Å². The Morgan fingerprint density at radius 3 is 2.84 bits per heavy atom. The largest absolute Gasteiger partial charge is 0.386 e. The first-order valence-electron chi connectivity index (χ1n) is 10.0. The standard InChI is InChI=1S/C22H20N8O/c1-22(31)12-30(13-22)19-5-4-16(10-24-19)26-20-21-23-6-7-29(21)11-18(27-20)14-2-3-15-9-25-28-17(15)8-14/h2-11,31H,12-13H2,1H3,(H,25,28)(H,26,27). The Balaban J connectivity index is 1.33. The molecular weight excluding hydrogens is 392 g/mol. The van der Waals surface area contributed by atoms with E-state index in [1.54, 1.807) is 18.6 Å². The molecule has 1 aliphatic heterocycles. The lowest BCUT2D eigenvalue weighted by Crippen LogP contribution is -2.60. The van der Waals surface area contributed by atoms with Crippen molar-refractivity contribution < 1.29 is 5.11 Å². The van der Waals surface area contributed by atoms with Gasteiger partial charge in [-0.1, -0.05) is 12.1 Å². The summed E-state index contributed by atoms with van der Waals surface area (Å²) < 4.78 is 1.95. The first kappa shape index (κ1) is 17.8. The maximum absolute atomic E-state index is 9.94. The van der Waals surface area contributed by atoms with Crippen LogP contribution in [0.3, 0.4) is 0 Å². The van der Waals surface area contributed by atoms with Gasteiger partial charge in [-0.15, -0.1) is 0 Å². The molecule has 0 unspecified atom stereocenters. The Hall–Kier alpha value is -3.98. The summed E-state index contributed by atoms with van der Waals surface area (Å²) in [6.45, 7) is 3.01. The lowest BCUT2D eigenvalue weighted by molar-refractivity contribution is 0.0305. The van der Waals surface area contributed by atoms with Crippen molar-refractivity contribution in [3.8, 4) is 11.3 Å². The van der Waals surface area contributed by atoms with Crippen LogP contribution in [-0.2, 0) is 0 Å². The second kappa shape index (κ2) is 6.51. The molecule has 6 rings (SSSR count). The Kier molecular flexibility index (Phi) is 3.75. The number of H-pyrrole nitrogens is 1. The molecule has 1 saturated heterocycles. The molecule has 1 aromatic carbocycles. The van der Waals surface area contributed by atoms with Crippen LogP contribution in [0.5, 0.6) is 0 Å². The smallest absolute Gasteiger partial charge is 0.180 e. The van der Waals surface area contributed by atoms with Crippen LogP contribution in [0.25, 0.3) is 27.8 Å². The third-order valence-corrected chi connectivity index (χ3v) is 5.51. The highest BCUT2D eigenvalue weighted by atomic mass is 16.3. The van der Waals surface area contributed by atoms with Crippen molar-refractivity contribution in [1.29, 1.82) is 0 Å². The fraction of sp³-hybridized carbons (Fsp3) is 0.182. The number of aliphatic hydroxyl groups is 1. The minimum atomic E-state index is -0.631. The molecule has 1 aliphatic rings. The molecule has 9 nitrogen and oxygen atoms in total. The monoisotopic (exact) mass is 412 g/mol. The van der Waals surface area contributed by atoms with E-state index in [2.05, 4.69) is 25.5 Å². The van der Waals surface area contributed by atoms with Crippen LogP contribution in [0.4, 0.5) is 17.3 Å². The molecule has 0 radical (unpaired) electrons. The number of pyridine rings is 1. The van der Waals surface area contributed by atoms with E-state index in [1.165, 1.54) is 0 Å². The summed E-state index contributed by atoms with van der Waals surface area (Å²) in [6, 6.07) is 9.99. The molecule has 31 heavy (non-hydrogen) atoms. The quantitative estimate of drug-likeness (QED) is 0.416. The van der Waals surface area contributed by atoms with E-state index in [1.807, 2.05) is 58.9 Å². The predicted octanol–water partition coefficient (Wildman–Crippen LogP) is 2.98. The highest BCUT2D eigenvalue weighted by Gasteiger charge is 2.37. The van der Waals surface area contributed by atoms with Crippen LogP contribution in [0.2, 0.25) is 0 Å². The number of hydrogen-bond acceptors (Lipinski definition) is 7. The maximum Gasteiger partial charge on any atom is 0.180 e. The van der Waals surface area contributed by atoms with E-state index >= 15 is 0 Å². The van der Waals surface area contributed by atoms with Gasteiger partial charge in [-0.2, -0.15) is 5.10 Å². The first-order valence-corrected chi connectivity index (χ1v) is 10.0. The first-order chi connectivity index (χ1) is 15.0. The van der Waals surface area contributed by atoms with Gasteiger partial charge in [0.1, 0.15) is 5.82 Å². The van der Waals surface area contributed by atoms with Gasteiger partial charge in [0.05, 0.1) is 34.9 Å². The van der Waals surface area contributed by atoms with Crippen molar-refractivity contribution in [2.45, 2.75) is 12.5 Å². The van der Waals surface area contributed by atoms with Crippen molar-refractivity contribution in [1.82, 2.24) is 29.5 Å². The van der Waals surface area contributed by atoms with Gasteiger partial charge in [0.25, 0.3) is 0 Å². The molecule has 0 amide bonds. The Labute approximate surface area is 177 Å². The molecule has 154 valence electrons.